The van der Waals surface area contributed by atoms with Crippen LogP contribution in [0.2, 0.25) is 0 Å². The zero-order valence-electron chi connectivity index (χ0n) is 9.87. The Morgan fingerprint density at radius 3 is 2.40 bits per heavy atom. The third-order valence-electron chi connectivity index (χ3n) is 2.66. The highest BCUT2D eigenvalue weighted by atomic mass is 15.3. The number of aryl methyl sites for hydroxylation is 1. The Morgan fingerprint density at radius 2 is 1.80 bits per heavy atom. The summed E-state index contributed by atoms with van der Waals surface area (Å²) >= 11 is 0. The van der Waals surface area contributed by atoms with Gasteiger partial charge in [-0.1, -0.05) is 26.2 Å². The van der Waals surface area contributed by atoms with Crippen LogP contribution in [0.5, 0.6) is 0 Å². The van der Waals surface area contributed by atoms with Crippen molar-refractivity contribution >= 4 is 0 Å². The third kappa shape index (κ3) is 3.30. The highest BCUT2D eigenvalue weighted by Gasteiger charge is 2.08. The summed E-state index contributed by atoms with van der Waals surface area (Å²) in [6, 6.07) is 0. The maximum atomic E-state index is 5.59. The Labute approximate surface area is 91.9 Å². The van der Waals surface area contributed by atoms with Gasteiger partial charge >= 0.3 is 0 Å². The fraction of sp³-hybridized carbons (Fsp3) is 0.818. The number of aromatic nitrogens is 3. The van der Waals surface area contributed by atoms with Gasteiger partial charge in [-0.3, -0.25) is 0 Å². The molecule has 0 radical (unpaired) electrons. The van der Waals surface area contributed by atoms with Gasteiger partial charge in [0.15, 0.2) is 0 Å². The average Bonchev–Trinajstić information content (AvgIpc) is 2.66. The molecule has 0 atom stereocenters. The molecule has 1 aromatic heterocycles. The molecule has 0 aliphatic heterocycles. The summed E-state index contributed by atoms with van der Waals surface area (Å²) in [4.78, 5) is 0. The Balaban J connectivity index is 2.49. The van der Waals surface area contributed by atoms with E-state index < -0.39 is 0 Å². The van der Waals surface area contributed by atoms with Crippen LogP contribution in [0.4, 0.5) is 0 Å². The molecule has 0 spiro atoms. The second kappa shape index (κ2) is 6.56. The minimum atomic E-state index is 0.482. The number of rotatable bonds is 7. The minimum absolute atomic E-state index is 0.482. The first-order valence-corrected chi connectivity index (χ1v) is 5.94. The molecule has 1 rings (SSSR count). The molecule has 86 valence electrons. The molecule has 0 saturated carbocycles. The number of nitrogens with two attached hydrogens (primary N) is 1. The molecular weight excluding hydrogens is 188 g/mol. The molecule has 0 aliphatic carbocycles. The van der Waals surface area contributed by atoms with E-state index in [9.17, 15) is 0 Å². The lowest BCUT2D eigenvalue weighted by Crippen LogP contribution is -2.09. The Morgan fingerprint density at radius 1 is 1.07 bits per heavy atom. The van der Waals surface area contributed by atoms with Gasteiger partial charge in [0.05, 0.1) is 6.54 Å². The maximum Gasteiger partial charge on any atom is 0.146 e. The summed E-state index contributed by atoms with van der Waals surface area (Å²) in [5.74, 6) is 2.00. The first-order valence-electron chi connectivity index (χ1n) is 5.94. The molecule has 0 amide bonds. The van der Waals surface area contributed by atoms with E-state index in [0.717, 1.165) is 24.6 Å². The van der Waals surface area contributed by atoms with Crippen molar-refractivity contribution in [2.45, 2.75) is 59.0 Å². The van der Waals surface area contributed by atoms with Crippen LogP contribution >= 0.6 is 0 Å². The predicted octanol–water partition coefficient (Wildman–Crippen LogP) is 1.88. The zero-order valence-corrected chi connectivity index (χ0v) is 9.87. The Hall–Kier alpha value is -0.900. The van der Waals surface area contributed by atoms with Crippen molar-refractivity contribution in [1.29, 1.82) is 0 Å². The third-order valence-corrected chi connectivity index (χ3v) is 2.66. The van der Waals surface area contributed by atoms with E-state index >= 15 is 0 Å². The summed E-state index contributed by atoms with van der Waals surface area (Å²) in [6.07, 6.45) is 6.10. The van der Waals surface area contributed by atoms with E-state index in [1.54, 1.807) is 0 Å². The fourth-order valence-corrected chi connectivity index (χ4v) is 1.78. The predicted molar refractivity (Wildman–Crippen MR) is 61.4 cm³/mol. The van der Waals surface area contributed by atoms with Crippen LogP contribution in [0, 0.1) is 0 Å². The van der Waals surface area contributed by atoms with Crippen LogP contribution < -0.4 is 5.73 Å². The highest BCUT2D eigenvalue weighted by Crippen LogP contribution is 2.08. The van der Waals surface area contributed by atoms with Gasteiger partial charge in [0.1, 0.15) is 11.6 Å². The lowest BCUT2D eigenvalue weighted by atomic mass is 10.1. The smallest absolute Gasteiger partial charge is 0.146 e. The summed E-state index contributed by atoms with van der Waals surface area (Å²) in [5.41, 5.74) is 5.59. The summed E-state index contributed by atoms with van der Waals surface area (Å²) in [6.45, 7) is 5.73. The molecule has 0 aromatic carbocycles. The quantitative estimate of drug-likeness (QED) is 0.699. The van der Waals surface area contributed by atoms with E-state index in [1.807, 2.05) is 0 Å². The SMILES string of the molecule is CCCCCCc1nnc(CN)n1CC. The van der Waals surface area contributed by atoms with Crippen LogP contribution in [0.3, 0.4) is 0 Å². The number of nitrogens with zero attached hydrogens (tertiary/aromatic N) is 3. The van der Waals surface area contributed by atoms with Crippen molar-refractivity contribution in [2.75, 3.05) is 0 Å². The van der Waals surface area contributed by atoms with Crippen molar-refractivity contribution < 1.29 is 0 Å². The largest absolute Gasteiger partial charge is 0.324 e. The first kappa shape index (κ1) is 12.2. The molecule has 15 heavy (non-hydrogen) atoms. The van der Waals surface area contributed by atoms with E-state index in [0.29, 0.717) is 6.54 Å². The number of hydrogen-bond acceptors (Lipinski definition) is 3. The summed E-state index contributed by atoms with van der Waals surface area (Å²) < 4.78 is 2.13. The van der Waals surface area contributed by atoms with E-state index in [2.05, 4.69) is 28.6 Å². The highest BCUT2D eigenvalue weighted by molar-refractivity contribution is 4.95. The number of unbranched alkanes of at least 4 members (excludes halogenated alkanes) is 3. The van der Waals surface area contributed by atoms with Gasteiger partial charge in [0.2, 0.25) is 0 Å². The second-order valence-electron chi connectivity index (χ2n) is 3.79. The second-order valence-corrected chi connectivity index (χ2v) is 3.79. The summed E-state index contributed by atoms with van der Waals surface area (Å²) in [5, 5.41) is 8.28. The van der Waals surface area contributed by atoms with Gasteiger partial charge < -0.3 is 10.3 Å². The molecule has 0 bridgehead atoms. The summed E-state index contributed by atoms with van der Waals surface area (Å²) in [7, 11) is 0. The maximum absolute atomic E-state index is 5.59. The first-order chi connectivity index (χ1) is 7.33. The van der Waals surface area contributed by atoms with Crippen LogP contribution in [-0.2, 0) is 19.5 Å². The number of hydrogen-bond donors (Lipinski definition) is 1. The average molecular weight is 210 g/mol. The van der Waals surface area contributed by atoms with E-state index in [4.69, 9.17) is 5.73 Å². The van der Waals surface area contributed by atoms with Crippen molar-refractivity contribution in [3.63, 3.8) is 0 Å². The van der Waals surface area contributed by atoms with Crippen molar-refractivity contribution in [2.24, 2.45) is 5.73 Å². The van der Waals surface area contributed by atoms with Crippen LogP contribution in [0.1, 0.15) is 51.2 Å². The lowest BCUT2D eigenvalue weighted by Gasteiger charge is -2.05. The Bertz CT molecular complexity index is 280. The normalized spacial score (nSPS) is 10.9. The molecule has 1 aromatic rings. The molecule has 4 nitrogen and oxygen atoms in total. The van der Waals surface area contributed by atoms with Gasteiger partial charge in [0.25, 0.3) is 0 Å². The van der Waals surface area contributed by atoms with E-state index in [-0.39, 0.29) is 0 Å². The van der Waals surface area contributed by atoms with Crippen molar-refractivity contribution in [3.8, 4) is 0 Å². The molecule has 0 fully saturated rings. The van der Waals surface area contributed by atoms with Crippen LogP contribution in [0.15, 0.2) is 0 Å². The van der Waals surface area contributed by atoms with Crippen LogP contribution in [-0.4, -0.2) is 14.8 Å². The van der Waals surface area contributed by atoms with Gasteiger partial charge in [-0.05, 0) is 13.3 Å². The van der Waals surface area contributed by atoms with E-state index in [1.165, 1.54) is 25.7 Å². The Kier molecular flexibility index (Phi) is 5.32. The van der Waals surface area contributed by atoms with Gasteiger partial charge in [-0.15, -0.1) is 10.2 Å². The standard InChI is InChI=1S/C11H22N4/c1-3-5-6-7-8-10-13-14-11(9-12)15(10)4-2/h3-9,12H2,1-2H3. The van der Waals surface area contributed by atoms with Gasteiger partial charge in [-0.2, -0.15) is 0 Å². The van der Waals surface area contributed by atoms with Gasteiger partial charge in [0, 0.05) is 13.0 Å². The molecule has 0 unspecified atom stereocenters. The monoisotopic (exact) mass is 210 g/mol. The molecule has 0 saturated heterocycles. The van der Waals surface area contributed by atoms with Gasteiger partial charge in [-0.25, -0.2) is 0 Å². The fourth-order valence-electron chi connectivity index (χ4n) is 1.78. The molecule has 2 N–H and O–H groups in total. The van der Waals surface area contributed by atoms with Crippen LogP contribution in [0.25, 0.3) is 0 Å². The molecule has 4 heteroatoms. The van der Waals surface area contributed by atoms with Crippen molar-refractivity contribution in [1.82, 2.24) is 14.8 Å². The zero-order chi connectivity index (χ0) is 11.1. The lowest BCUT2D eigenvalue weighted by molar-refractivity contribution is 0.609. The molecular formula is C11H22N4. The molecule has 0 aliphatic rings. The minimum Gasteiger partial charge on any atom is -0.324 e. The topological polar surface area (TPSA) is 56.7 Å². The van der Waals surface area contributed by atoms with Crippen molar-refractivity contribution in [3.05, 3.63) is 11.6 Å². The molecule has 1 heterocycles.